The molecule has 0 amide bonds. The van der Waals surface area contributed by atoms with Crippen molar-refractivity contribution in [1.82, 2.24) is 0 Å². The minimum atomic E-state index is 0.346. The first kappa shape index (κ1) is 9.11. The number of aliphatic hydroxyl groups excluding tert-OH is 1. The Bertz CT molecular complexity index is 279. The van der Waals surface area contributed by atoms with Crippen molar-refractivity contribution >= 4 is 0 Å². The third kappa shape index (κ3) is 1.31. The number of allylic oxidation sites excluding steroid dienone is 5. The maximum absolute atomic E-state index is 9.51. The molecule has 0 saturated heterocycles. The molecule has 1 aliphatic carbocycles. The van der Waals surface area contributed by atoms with Crippen molar-refractivity contribution in [2.24, 2.45) is 5.92 Å². The van der Waals surface area contributed by atoms with Crippen molar-refractivity contribution in [2.75, 3.05) is 0 Å². The van der Waals surface area contributed by atoms with Crippen LogP contribution in [0, 0.1) is 5.92 Å². The lowest BCUT2D eigenvalue weighted by Crippen LogP contribution is -2.07. The van der Waals surface area contributed by atoms with E-state index in [1.165, 1.54) is 11.1 Å². The smallest absolute Gasteiger partial charge is 0.115 e. The molecule has 1 N–H and O–H groups in total. The fraction of sp³-hybridized carbons (Fsp3) is 0.455. The second-order valence-electron chi connectivity index (χ2n) is 3.33. The maximum Gasteiger partial charge on any atom is 0.115 e. The summed E-state index contributed by atoms with van der Waals surface area (Å²) in [5.74, 6) is 0.782. The van der Waals surface area contributed by atoms with Crippen LogP contribution in [-0.4, -0.2) is 5.11 Å². The van der Waals surface area contributed by atoms with Crippen LogP contribution in [0.15, 0.2) is 34.6 Å². The molecule has 0 aliphatic heterocycles. The molecule has 1 rings (SSSR count). The number of aliphatic hydroxyl groups is 1. The van der Waals surface area contributed by atoms with Crippen LogP contribution in [0.3, 0.4) is 0 Å². The largest absolute Gasteiger partial charge is 0.508 e. The molecule has 12 heavy (non-hydrogen) atoms. The number of hydrogen-bond donors (Lipinski definition) is 1. The molecule has 1 nitrogen and oxygen atoms in total. The lowest BCUT2D eigenvalue weighted by molar-refractivity contribution is 0.413. The lowest BCUT2D eigenvalue weighted by Gasteiger charge is -2.21. The normalized spacial score (nSPS) is 27.8. The van der Waals surface area contributed by atoms with Crippen molar-refractivity contribution in [3.63, 3.8) is 0 Å². The third-order valence-electron chi connectivity index (χ3n) is 2.59. The van der Waals surface area contributed by atoms with Gasteiger partial charge < -0.3 is 5.11 Å². The summed E-state index contributed by atoms with van der Waals surface area (Å²) in [6.07, 6.45) is 4.02. The summed E-state index contributed by atoms with van der Waals surface area (Å²) in [5.41, 5.74) is 3.54. The second-order valence-corrected chi connectivity index (χ2v) is 3.33. The summed E-state index contributed by atoms with van der Waals surface area (Å²) >= 11 is 0. The maximum atomic E-state index is 9.51. The highest BCUT2D eigenvalue weighted by molar-refractivity contribution is 5.46. The zero-order chi connectivity index (χ0) is 9.30. The molecule has 0 heterocycles. The van der Waals surface area contributed by atoms with Gasteiger partial charge in [-0.25, -0.2) is 0 Å². The fourth-order valence-corrected chi connectivity index (χ4v) is 1.68. The molecule has 1 heteroatoms. The van der Waals surface area contributed by atoms with Crippen LogP contribution in [0.25, 0.3) is 0 Å². The molecule has 1 atom stereocenters. The first-order valence-electron chi connectivity index (χ1n) is 4.33. The lowest BCUT2D eigenvalue weighted by atomic mass is 9.86. The molecule has 0 saturated carbocycles. The summed E-state index contributed by atoms with van der Waals surface area (Å²) in [4.78, 5) is 0. The van der Waals surface area contributed by atoms with Gasteiger partial charge in [0.1, 0.15) is 5.76 Å². The molecule has 1 aliphatic rings. The Hall–Kier alpha value is -0.980. The summed E-state index contributed by atoms with van der Waals surface area (Å²) in [5, 5.41) is 9.51. The molecule has 0 radical (unpaired) electrons. The molecule has 0 fully saturated rings. The van der Waals surface area contributed by atoms with E-state index < -0.39 is 0 Å². The van der Waals surface area contributed by atoms with E-state index in [0.29, 0.717) is 11.7 Å². The average molecular weight is 164 g/mol. The van der Waals surface area contributed by atoms with Crippen LogP contribution in [0.2, 0.25) is 0 Å². The summed E-state index contributed by atoms with van der Waals surface area (Å²) < 4.78 is 0. The second kappa shape index (κ2) is 3.18. The highest BCUT2D eigenvalue weighted by atomic mass is 16.3. The molecular formula is C11H16O. The van der Waals surface area contributed by atoms with E-state index in [9.17, 15) is 5.11 Å². The molecule has 66 valence electrons. The zero-order valence-corrected chi connectivity index (χ0v) is 8.18. The molecule has 0 bridgehead atoms. The predicted molar refractivity (Wildman–Crippen MR) is 52.0 cm³/mol. The highest BCUT2D eigenvalue weighted by Gasteiger charge is 2.17. The SMILES string of the molecule is CC=C1C(C)=C(C)C(O)=CC1C. The van der Waals surface area contributed by atoms with Crippen LogP contribution in [0.4, 0.5) is 0 Å². The van der Waals surface area contributed by atoms with Gasteiger partial charge >= 0.3 is 0 Å². The van der Waals surface area contributed by atoms with Crippen molar-refractivity contribution in [3.05, 3.63) is 34.6 Å². The topological polar surface area (TPSA) is 20.2 Å². The first-order chi connectivity index (χ1) is 5.57. The Kier molecular flexibility index (Phi) is 2.41. The monoisotopic (exact) mass is 164 g/mol. The first-order valence-corrected chi connectivity index (χ1v) is 4.33. The van der Waals surface area contributed by atoms with E-state index in [1.54, 1.807) is 0 Å². The predicted octanol–water partition coefficient (Wildman–Crippen LogP) is 3.36. The van der Waals surface area contributed by atoms with E-state index in [-0.39, 0.29) is 0 Å². The van der Waals surface area contributed by atoms with Crippen molar-refractivity contribution in [1.29, 1.82) is 0 Å². The minimum Gasteiger partial charge on any atom is -0.508 e. The van der Waals surface area contributed by atoms with Gasteiger partial charge in [0.15, 0.2) is 0 Å². The highest BCUT2D eigenvalue weighted by Crippen LogP contribution is 2.31. The Morgan fingerprint density at radius 3 is 2.42 bits per heavy atom. The van der Waals surface area contributed by atoms with Gasteiger partial charge in [-0.15, -0.1) is 0 Å². The van der Waals surface area contributed by atoms with Crippen molar-refractivity contribution in [3.8, 4) is 0 Å². The van der Waals surface area contributed by atoms with Gasteiger partial charge in [0.05, 0.1) is 0 Å². The van der Waals surface area contributed by atoms with E-state index in [2.05, 4.69) is 19.9 Å². The summed E-state index contributed by atoms with van der Waals surface area (Å²) in [6.45, 7) is 8.15. The van der Waals surface area contributed by atoms with E-state index in [1.807, 2.05) is 19.9 Å². The number of hydrogen-bond acceptors (Lipinski definition) is 1. The molecule has 0 aromatic carbocycles. The van der Waals surface area contributed by atoms with Gasteiger partial charge in [0.25, 0.3) is 0 Å². The van der Waals surface area contributed by atoms with Crippen LogP contribution in [-0.2, 0) is 0 Å². The Morgan fingerprint density at radius 2 is 1.92 bits per heavy atom. The Morgan fingerprint density at radius 1 is 1.33 bits per heavy atom. The molecule has 0 aromatic rings. The van der Waals surface area contributed by atoms with E-state index in [4.69, 9.17) is 0 Å². The molecular weight excluding hydrogens is 148 g/mol. The van der Waals surface area contributed by atoms with Crippen LogP contribution < -0.4 is 0 Å². The van der Waals surface area contributed by atoms with Gasteiger partial charge in [-0.3, -0.25) is 0 Å². The summed E-state index contributed by atoms with van der Waals surface area (Å²) in [7, 11) is 0. The van der Waals surface area contributed by atoms with Gasteiger partial charge in [-0.1, -0.05) is 13.0 Å². The zero-order valence-electron chi connectivity index (χ0n) is 8.18. The average Bonchev–Trinajstić information content (AvgIpc) is 2.01. The third-order valence-corrected chi connectivity index (χ3v) is 2.59. The standard InChI is InChI=1S/C11H16O/c1-5-10-7(2)6-11(12)9(4)8(10)3/h5-7,12H,1-4H3. The van der Waals surface area contributed by atoms with Gasteiger partial charge in [0.2, 0.25) is 0 Å². The minimum absolute atomic E-state index is 0.346. The van der Waals surface area contributed by atoms with Gasteiger partial charge in [0, 0.05) is 5.92 Å². The van der Waals surface area contributed by atoms with Crippen LogP contribution in [0.1, 0.15) is 27.7 Å². The van der Waals surface area contributed by atoms with Gasteiger partial charge in [-0.05, 0) is 43.6 Å². The summed E-state index contributed by atoms with van der Waals surface area (Å²) in [6, 6.07) is 0. The van der Waals surface area contributed by atoms with Crippen molar-refractivity contribution in [2.45, 2.75) is 27.7 Å². The van der Waals surface area contributed by atoms with E-state index in [0.717, 1.165) is 5.57 Å². The van der Waals surface area contributed by atoms with Crippen LogP contribution >= 0.6 is 0 Å². The molecule has 0 aromatic heterocycles. The van der Waals surface area contributed by atoms with E-state index >= 15 is 0 Å². The Balaban J connectivity index is 3.17. The molecule has 1 unspecified atom stereocenters. The van der Waals surface area contributed by atoms with Gasteiger partial charge in [-0.2, -0.15) is 0 Å². The quantitative estimate of drug-likeness (QED) is 0.582. The Labute approximate surface area is 74.1 Å². The van der Waals surface area contributed by atoms with Crippen molar-refractivity contribution < 1.29 is 5.11 Å². The molecule has 0 spiro atoms. The number of rotatable bonds is 0. The fourth-order valence-electron chi connectivity index (χ4n) is 1.68. The van der Waals surface area contributed by atoms with Crippen LogP contribution in [0.5, 0.6) is 0 Å².